The normalized spacial score (nSPS) is 20.9. The van der Waals surface area contributed by atoms with Crippen LogP contribution >= 0.6 is 11.8 Å². The lowest BCUT2D eigenvalue weighted by molar-refractivity contribution is -0.124. The fraction of sp³-hybridized carbons (Fsp3) is 0.680. The summed E-state index contributed by atoms with van der Waals surface area (Å²) in [5, 5.41) is 3.02. The maximum Gasteiger partial charge on any atom is 0.255 e. The lowest BCUT2D eigenvalue weighted by Gasteiger charge is -2.31. The van der Waals surface area contributed by atoms with Gasteiger partial charge in [0.25, 0.3) is 5.91 Å². The first-order valence-corrected chi connectivity index (χ1v) is 13.2. The van der Waals surface area contributed by atoms with E-state index in [1.54, 1.807) is 28.8 Å². The molecule has 0 bridgehead atoms. The van der Waals surface area contributed by atoms with Crippen LogP contribution in [0.5, 0.6) is 17.2 Å². The minimum absolute atomic E-state index is 0.0653. The first-order valence-electron chi connectivity index (χ1n) is 12.1. The van der Waals surface area contributed by atoms with E-state index in [4.69, 9.17) is 14.2 Å². The van der Waals surface area contributed by atoms with Crippen molar-refractivity contribution in [2.75, 3.05) is 53.3 Å². The topological polar surface area (TPSA) is 80.3 Å². The zero-order chi connectivity index (χ0) is 24.7. The predicted molar refractivity (Wildman–Crippen MR) is 135 cm³/mol. The highest BCUT2D eigenvalue weighted by Crippen LogP contribution is 2.40. The van der Waals surface area contributed by atoms with Gasteiger partial charge in [0.05, 0.1) is 26.7 Å². The second-order valence-electron chi connectivity index (χ2n) is 9.25. The Balaban J connectivity index is 1.78. The summed E-state index contributed by atoms with van der Waals surface area (Å²) in [5.41, 5.74) is 0.414. The van der Waals surface area contributed by atoms with Gasteiger partial charge in [-0.1, -0.05) is 20.3 Å². The third kappa shape index (κ3) is 6.30. The number of likely N-dealkylation sites (tertiary alicyclic amines) is 1. The number of rotatable bonds is 10. The Morgan fingerprint density at radius 1 is 1.06 bits per heavy atom. The second-order valence-corrected chi connectivity index (χ2v) is 10.5. The van der Waals surface area contributed by atoms with Crippen LogP contribution in [0, 0.1) is 5.92 Å². The molecule has 0 aliphatic carbocycles. The molecule has 1 aromatic carbocycles. The summed E-state index contributed by atoms with van der Waals surface area (Å²) in [6.07, 6.45) is 4.55. The van der Waals surface area contributed by atoms with Crippen LogP contribution in [0.4, 0.5) is 0 Å². The van der Waals surface area contributed by atoms with E-state index in [0.29, 0.717) is 41.0 Å². The monoisotopic (exact) mass is 493 g/mol. The maximum absolute atomic E-state index is 13.8. The summed E-state index contributed by atoms with van der Waals surface area (Å²) in [7, 11) is 4.58. The Bertz CT molecular complexity index is 819. The summed E-state index contributed by atoms with van der Waals surface area (Å²) >= 11 is 1.67. The Hall–Kier alpha value is -2.13. The van der Waals surface area contributed by atoms with E-state index in [1.165, 1.54) is 40.6 Å². The highest BCUT2D eigenvalue weighted by molar-refractivity contribution is 8.00. The highest BCUT2D eigenvalue weighted by atomic mass is 32.2. The quantitative estimate of drug-likeness (QED) is 0.536. The van der Waals surface area contributed by atoms with Gasteiger partial charge in [0.2, 0.25) is 11.7 Å². The van der Waals surface area contributed by atoms with Gasteiger partial charge in [-0.05, 0) is 50.4 Å². The number of amides is 2. The van der Waals surface area contributed by atoms with Gasteiger partial charge >= 0.3 is 0 Å². The summed E-state index contributed by atoms with van der Waals surface area (Å²) in [6.45, 7) is 7.90. The molecule has 2 heterocycles. The Labute approximate surface area is 207 Å². The van der Waals surface area contributed by atoms with E-state index in [1.807, 2.05) is 0 Å². The molecule has 0 saturated carbocycles. The van der Waals surface area contributed by atoms with Crippen molar-refractivity contribution in [2.45, 2.75) is 50.9 Å². The number of nitrogens with zero attached hydrogens (tertiary/aromatic N) is 2. The van der Waals surface area contributed by atoms with Crippen LogP contribution in [0.2, 0.25) is 0 Å². The zero-order valence-corrected chi connectivity index (χ0v) is 21.9. The smallest absolute Gasteiger partial charge is 0.255 e. The minimum atomic E-state index is -0.512. The molecule has 0 spiro atoms. The molecule has 0 radical (unpaired) electrons. The van der Waals surface area contributed by atoms with Crippen molar-refractivity contribution >= 4 is 23.6 Å². The summed E-state index contributed by atoms with van der Waals surface area (Å²) in [4.78, 5) is 31.1. The van der Waals surface area contributed by atoms with Crippen molar-refractivity contribution in [3.63, 3.8) is 0 Å². The molecule has 2 aliphatic rings. The first kappa shape index (κ1) is 26.5. The van der Waals surface area contributed by atoms with Crippen molar-refractivity contribution < 1.29 is 23.8 Å². The van der Waals surface area contributed by atoms with Gasteiger partial charge < -0.3 is 29.3 Å². The lowest BCUT2D eigenvalue weighted by atomic mass is 10.1. The third-order valence-corrected chi connectivity index (χ3v) is 7.70. The van der Waals surface area contributed by atoms with Crippen LogP contribution in [0.1, 0.15) is 49.9 Å². The Morgan fingerprint density at radius 3 is 2.26 bits per heavy atom. The van der Waals surface area contributed by atoms with Gasteiger partial charge in [0.1, 0.15) is 6.04 Å². The molecule has 2 saturated heterocycles. The van der Waals surface area contributed by atoms with Gasteiger partial charge in [-0.3, -0.25) is 9.59 Å². The molecule has 2 atom stereocenters. The molecule has 2 fully saturated rings. The minimum Gasteiger partial charge on any atom is -0.493 e. The molecule has 9 heteroatoms. The molecule has 1 aromatic rings. The predicted octanol–water partition coefficient (Wildman–Crippen LogP) is 3.24. The molecule has 3 rings (SSSR count). The number of carbonyl (C=O) groups is 2. The third-order valence-electron chi connectivity index (χ3n) is 6.39. The van der Waals surface area contributed by atoms with Crippen molar-refractivity contribution in [2.24, 2.45) is 5.92 Å². The summed E-state index contributed by atoms with van der Waals surface area (Å²) in [5.74, 6) is 1.96. The first-order chi connectivity index (χ1) is 16.4. The second kappa shape index (κ2) is 12.5. The molecule has 2 aliphatic heterocycles. The molecule has 2 amide bonds. The molecule has 2 unspecified atom stereocenters. The number of benzene rings is 1. The van der Waals surface area contributed by atoms with Gasteiger partial charge in [-0.25, -0.2) is 0 Å². The van der Waals surface area contributed by atoms with E-state index < -0.39 is 6.04 Å². The number of nitrogens with one attached hydrogen (secondary N) is 1. The van der Waals surface area contributed by atoms with Crippen molar-refractivity contribution in [1.29, 1.82) is 0 Å². The maximum atomic E-state index is 13.8. The molecule has 8 nitrogen and oxygen atoms in total. The molecule has 1 N–H and O–H groups in total. The van der Waals surface area contributed by atoms with Gasteiger partial charge in [0, 0.05) is 24.4 Å². The van der Waals surface area contributed by atoms with E-state index in [-0.39, 0.29) is 17.2 Å². The van der Waals surface area contributed by atoms with Gasteiger partial charge in [-0.2, -0.15) is 0 Å². The Morgan fingerprint density at radius 2 is 1.71 bits per heavy atom. The SMILES string of the molecule is COc1cc(C(=O)N2C(CC(C)C)SCC2C(=O)NCCN2CCCCC2)cc(OC)c1OC. The van der Waals surface area contributed by atoms with Gasteiger partial charge in [-0.15, -0.1) is 11.8 Å². The van der Waals surface area contributed by atoms with Crippen molar-refractivity contribution in [3.8, 4) is 17.2 Å². The van der Waals surface area contributed by atoms with Crippen molar-refractivity contribution in [3.05, 3.63) is 17.7 Å². The number of hydrogen-bond donors (Lipinski definition) is 1. The van der Waals surface area contributed by atoms with E-state index in [2.05, 4.69) is 24.1 Å². The summed E-state index contributed by atoms with van der Waals surface area (Å²) < 4.78 is 16.3. The fourth-order valence-electron chi connectivity index (χ4n) is 4.61. The van der Waals surface area contributed by atoms with E-state index in [9.17, 15) is 9.59 Å². The van der Waals surface area contributed by atoms with E-state index >= 15 is 0 Å². The number of piperidine rings is 1. The molecule has 0 aromatic heterocycles. The Kier molecular flexibility index (Phi) is 9.76. The lowest BCUT2D eigenvalue weighted by Crippen LogP contribution is -2.51. The molecular weight excluding hydrogens is 454 g/mol. The zero-order valence-electron chi connectivity index (χ0n) is 21.1. The van der Waals surface area contributed by atoms with Gasteiger partial charge in [0.15, 0.2) is 11.5 Å². The number of methoxy groups -OCH3 is 3. The van der Waals surface area contributed by atoms with E-state index in [0.717, 1.165) is 26.1 Å². The average molecular weight is 494 g/mol. The number of thioether (sulfide) groups is 1. The number of carbonyl (C=O) groups excluding carboxylic acids is 2. The standard InChI is InChI=1S/C25H39N3O5S/c1-17(2)13-22-28(25(30)18-14-20(31-3)23(33-5)21(15-18)32-4)19(16-34-22)24(29)26-9-12-27-10-7-6-8-11-27/h14-15,17,19,22H,6-13,16H2,1-5H3,(H,26,29). The molecule has 190 valence electrons. The average Bonchev–Trinajstić information content (AvgIpc) is 3.25. The van der Waals surface area contributed by atoms with Crippen LogP contribution in [0.25, 0.3) is 0 Å². The van der Waals surface area contributed by atoms with Crippen LogP contribution in [-0.2, 0) is 4.79 Å². The van der Waals surface area contributed by atoms with Crippen LogP contribution in [0.15, 0.2) is 12.1 Å². The van der Waals surface area contributed by atoms with Crippen LogP contribution < -0.4 is 19.5 Å². The fourth-order valence-corrected chi connectivity index (χ4v) is 6.26. The van der Waals surface area contributed by atoms with Crippen LogP contribution in [0.3, 0.4) is 0 Å². The largest absolute Gasteiger partial charge is 0.493 e. The van der Waals surface area contributed by atoms with Crippen LogP contribution in [-0.4, -0.2) is 86.3 Å². The summed E-state index contributed by atoms with van der Waals surface area (Å²) in [6, 6.07) is 2.80. The molecule has 34 heavy (non-hydrogen) atoms. The highest BCUT2D eigenvalue weighted by Gasteiger charge is 2.42. The van der Waals surface area contributed by atoms with Crippen molar-refractivity contribution in [1.82, 2.24) is 15.1 Å². The molecular formula is C25H39N3O5S. The number of ether oxygens (including phenoxy) is 3. The number of hydrogen-bond acceptors (Lipinski definition) is 7.